The number of hydrogen-bond acceptors (Lipinski definition) is 6. The van der Waals surface area contributed by atoms with Crippen LogP contribution in [0.3, 0.4) is 0 Å². The molecule has 0 aliphatic rings. The van der Waals surface area contributed by atoms with Gasteiger partial charge in [-0.25, -0.2) is 4.98 Å². The fourth-order valence-corrected chi connectivity index (χ4v) is 3.30. The Balaban J connectivity index is 1.53. The number of pyridine rings is 1. The van der Waals surface area contributed by atoms with E-state index < -0.39 is 0 Å². The first-order valence-corrected chi connectivity index (χ1v) is 9.21. The van der Waals surface area contributed by atoms with E-state index in [4.69, 9.17) is 8.94 Å². The summed E-state index contributed by atoms with van der Waals surface area (Å²) in [6, 6.07) is 15.4. The van der Waals surface area contributed by atoms with Gasteiger partial charge in [-0.2, -0.15) is 4.98 Å². The number of furan rings is 1. The summed E-state index contributed by atoms with van der Waals surface area (Å²) in [4.78, 5) is 13.3. The van der Waals surface area contributed by atoms with Gasteiger partial charge in [-0.15, -0.1) is 0 Å². The summed E-state index contributed by atoms with van der Waals surface area (Å²) in [6.07, 6.45) is 8.76. The molecule has 1 unspecified atom stereocenters. The van der Waals surface area contributed by atoms with Crippen molar-refractivity contribution in [3.8, 4) is 34.1 Å². The zero-order valence-electron chi connectivity index (χ0n) is 15.6. The van der Waals surface area contributed by atoms with Crippen molar-refractivity contribution in [1.82, 2.24) is 24.7 Å². The third-order valence-corrected chi connectivity index (χ3v) is 4.76. The lowest BCUT2D eigenvalue weighted by Crippen LogP contribution is -2.08. The summed E-state index contributed by atoms with van der Waals surface area (Å²) >= 11 is 0. The van der Waals surface area contributed by atoms with E-state index >= 15 is 0 Å². The highest BCUT2D eigenvalue weighted by Gasteiger charge is 2.21. The molecule has 0 saturated carbocycles. The van der Waals surface area contributed by atoms with Crippen molar-refractivity contribution in [3.05, 3.63) is 85.5 Å². The molecule has 142 valence electrons. The minimum atomic E-state index is -0.199. The van der Waals surface area contributed by atoms with Crippen LogP contribution in [0.15, 0.2) is 88.5 Å². The van der Waals surface area contributed by atoms with Crippen molar-refractivity contribution in [3.63, 3.8) is 0 Å². The Labute approximate surface area is 166 Å². The Morgan fingerprint density at radius 2 is 1.86 bits per heavy atom. The van der Waals surface area contributed by atoms with Crippen molar-refractivity contribution in [1.29, 1.82) is 0 Å². The van der Waals surface area contributed by atoms with E-state index in [0.29, 0.717) is 11.7 Å². The Morgan fingerprint density at radius 1 is 0.966 bits per heavy atom. The molecule has 0 aliphatic carbocycles. The summed E-state index contributed by atoms with van der Waals surface area (Å²) in [6.45, 7) is 2.00. The van der Waals surface area contributed by atoms with Crippen molar-refractivity contribution < 1.29 is 8.94 Å². The van der Waals surface area contributed by atoms with Crippen molar-refractivity contribution in [2.45, 2.75) is 13.0 Å². The second-order valence-corrected chi connectivity index (χ2v) is 6.55. The predicted molar refractivity (Wildman–Crippen MR) is 107 cm³/mol. The molecule has 0 saturated heterocycles. The molecule has 5 aromatic rings. The van der Waals surface area contributed by atoms with Crippen molar-refractivity contribution >= 4 is 0 Å². The van der Waals surface area contributed by atoms with Crippen LogP contribution in [0.2, 0.25) is 0 Å². The maximum absolute atomic E-state index is 5.61. The Bertz CT molecular complexity index is 1230. The molecule has 7 heteroatoms. The molecular formula is C22H17N5O2. The van der Waals surface area contributed by atoms with Gasteiger partial charge in [-0.05, 0) is 31.2 Å². The van der Waals surface area contributed by atoms with Crippen LogP contribution in [0, 0.1) is 0 Å². The number of aromatic nitrogens is 5. The zero-order chi connectivity index (χ0) is 19.6. The molecule has 0 amide bonds. The van der Waals surface area contributed by atoms with E-state index in [2.05, 4.69) is 20.1 Å². The van der Waals surface area contributed by atoms with Gasteiger partial charge in [0.25, 0.3) is 0 Å². The smallest absolute Gasteiger partial charge is 0.249 e. The van der Waals surface area contributed by atoms with Crippen LogP contribution in [0.5, 0.6) is 0 Å². The van der Waals surface area contributed by atoms with Crippen LogP contribution in [0.25, 0.3) is 34.1 Å². The summed E-state index contributed by atoms with van der Waals surface area (Å²) in [7, 11) is 0. The molecule has 4 heterocycles. The Morgan fingerprint density at radius 3 is 2.66 bits per heavy atom. The molecule has 7 nitrogen and oxygen atoms in total. The average Bonchev–Trinajstić information content (AvgIpc) is 3.55. The van der Waals surface area contributed by atoms with E-state index in [0.717, 1.165) is 28.3 Å². The van der Waals surface area contributed by atoms with E-state index in [1.807, 2.05) is 66.2 Å². The standard InChI is InChI=1S/C22H17N5O2/c1-15(22-25-20(26-29-22)16-6-4-10-23-14-16)27-12-11-24-21(27)18-8-3-2-7-17(18)19-9-5-13-28-19/h2-15H,1H3. The van der Waals surface area contributed by atoms with Gasteiger partial charge >= 0.3 is 0 Å². The average molecular weight is 383 g/mol. The van der Waals surface area contributed by atoms with Crippen molar-refractivity contribution in [2.24, 2.45) is 0 Å². The molecule has 0 bridgehead atoms. The van der Waals surface area contributed by atoms with Gasteiger partial charge < -0.3 is 13.5 Å². The topological polar surface area (TPSA) is 82.8 Å². The van der Waals surface area contributed by atoms with Gasteiger partial charge in [0, 0.05) is 41.5 Å². The lowest BCUT2D eigenvalue weighted by Gasteiger charge is -2.14. The molecule has 1 atom stereocenters. The molecule has 4 aromatic heterocycles. The lowest BCUT2D eigenvalue weighted by atomic mass is 10.0. The second-order valence-electron chi connectivity index (χ2n) is 6.55. The molecule has 5 rings (SSSR count). The van der Waals surface area contributed by atoms with Crippen LogP contribution >= 0.6 is 0 Å². The van der Waals surface area contributed by atoms with Crippen LogP contribution in [-0.4, -0.2) is 24.7 Å². The van der Waals surface area contributed by atoms with E-state index in [1.54, 1.807) is 24.9 Å². The number of imidazole rings is 1. The molecular weight excluding hydrogens is 366 g/mol. The highest BCUT2D eigenvalue weighted by atomic mass is 16.5. The molecule has 0 radical (unpaired) electrons. The maximum atomic E-state index is 5.61. The SMILES string of the molecule is CC(c1nc(-c2cccnc2)no1)n1ccnc1-c1ccccc1-c1ccco1. The second kappa shape index (κ2) is 7.20. The first-order chi connectivity index (χ1) is 14.3. The van der Waals surface area contributed by atoms with E-state index in [1.165, 1.54) is 0 Å². The fourth-order valence-electron chi connectivity index (χ4n) is 3.30. The van der Waals surface area contributed by atoms with Gasteiger partial charge in [0.15, 0.2) is 0 Å². The van der Waals surface area contributed by atoms with Gasteiger partial charge in [0.05, 0.1) is 6.26 Å². The molecule has 0 spiro atoms. The van der Waals surface area contributed by atoms with Crippen molar-refractivity contribution in [2.75, 3.05) is 0 Å². The maximum Gasteiger partial charge on any atom is 0.249 e. The first-order valence-electron chi connectivity index (χ1n) is 9.21. The lowest BCUT2D eigenvalue weighted by molar-refractivity contribution is 0.346. The third kappa shape index (κ3) is 3.12. The quantitative estimate of drug-likeness (QED) is 0.431. The van der Waals surface area contributed by atoms with Crippen LogP contribution in [0.4, 0.5) is 0 Å². The number of nitrogens with zero attached hydrogens (tertiary/aromatic N) is 5. The molecule has 0 N–H and O–H groups in total. The summed E-state index contributed by atoms with van der Waals surface area (Å²) in [5, 5.41) is 4.10. The minimum Gasteiger partial charge on any atom is -0.464 e. The van der Waals surface area contributed by atoms with Crippen LogP contribution in [0.1, 0.15) is 18.9 Å². The normalized spacial score (nSPS) is 12.2. The summed E-state index contributed by atoms with van der Waals surface area (Å²) < 4.78 is 13.2. The molecule has 0 fully saturated rings. The molecule has 1 aromatic carbocycles. The zero-order valence-corrected chi connectivity index (χ0v) is 15.6. The molecule has 29 heavy (non-hydrogen) atoms. The third-order valence-electron chi connectivity index (χ3n) is 4.76. The first kappa shape index (κ1) is 17.1. The number of rotatable bonds is 5. The van der Waals surface area contributed by atoms with Gasteiger partial charge in [-0.3, -0.25) is 4.98 Å². The van der Waals surface area contributed by atoms with Gasteiger partial charge in [0.2, 0.25) is 11.7 Å². The van der Waals surface area contributed by atoms with Crippen LogP contribution < -0.4 is 0 Å². The number of benzene rings is 1. The monoisotopic (exact) mass is 383 g/mol. The minimum absolute atomic E-state index is 0.199. The highest BCUT2D eigenvalue weighted by Crippen LogP contribution is 2.33. The summed E-state index contributed by atoms with van der Waals surface area (Å²) in [5.74, 6) is 2.60. The Kier molecular flexibility index (Phi) is 4.25. The molecule has 0 aliphatic heterocycles. The predicted octanol–water partition coefficient (Wildman–Crippen LogP) is 4.86. The van der Waals surface area contributed by atoms with E-state index in [9.17, 15) is 0 Å². The summed E-state index contributed by atoms with van der Waals surface area (Å²) in [5.41, 5.74) is 2.74. The Hall–Kier alpha value is -4.00. The highest BCUT2D eigenvalue weighted by molar-refractivity contribution is 5.78. The van der Waals surface area contributed by atoms with Crippen LogP contribution in [-0.2, 0) is 0 Å². The number of hydrogen-bond donors (Lipinski definition) is 0. The fraction of sp³-hybridized carbons (Fsp3) is 0.0909. The van der Waals surface area contributed by atoms with E-state index in [-0.39, 0.29) is 6.04 Å². The van der Waals surface area contributed by atoms with Gasteiger partial charge in [-0.1, -0.05) is 29.4 Å². The largest absolute Gasteiger partial charge is 0.464 e. The van der Waals surface area contributed by atoms with Gasteiger partial charge in [0.1, 0.15) is 17.6 Å².